The summed E-state index contributed by atoms with van der Waals surface area (Å²) in [4.78, 5) is 11.2. The van der Waals surface area contributed by atoms with Crippen LogP contribution < -0.4 is 4.74 Å². The van der Waals surface area contributed by atoms with Gasteiger partial charge in [0.05, 0.1) is 13.7 Å². The van der Waals surface area contributed by atoms with E-state index in [-0.39, 0.29) is 5.97 Å². The molecule has 0 unspecified atom stereocenters. The number of benzene rings is 1. The number of carbonyl (C=O) groups is 1. The number of unbranched alkanes of at least 4 members (excludes halogenated alkanes) is 5. The first-order valence-corrected chi connectivity index (χ1v) is 13.4. The highest BCUT2D eigenvalue weighted by molar-refractivity contribution is 6.60. The maximum Gasteiger partial charge on any atom is 0.500 e. The normalized spacial score (nSPS) is 11.7. The molecule has 0 saturated heterocycles. The minimum Gasteiger partial charge on any atom is -0.494 e. The molecular weight excluding hydrogens is 412 g/mol. The van der Waals surface area contributed by atoms with E-state index in [9.17, 15) is 4.79 Å². The number of hydrogen-bond donors (Lipinski definition) is 0. The number of rotatable bonds is 18. The first-order valence-electron chi connectivity index (χ1n) is 11.5. The molecule has 0 aliphatic carbocycles. The van der Waals surface area contributed by atoms with Crippen LogP contribution in [0.2, 0.25) is 6.04 Å². The number of ether oxygens (including phenoxy) is 2. The minimum atomic E-state index is -2.48. The number of methoxy groups -OCH3 is 1. The second-order valence-electron chi connectivity index (χ2n) is 7.13. The molecule has 0 aliphatic rings. The van der Waals surface area contributed by atoms with E-state index in [1.165, 1.54) is 26.0 Å². The lowest BCUT2D eigenvalue weighted by molar-refractivity contribution is -0.134. The van der Waals surface area contributed by atoms with E-state index in [4.69, 9.17) is 18.0 Å². The smallest absolute Gasteiger partial charge is 0.494 e. The molecule has 0 atom stereocenters. The lowest BCUT2D eigenvalue weighted by Crippen LogP contribution is -2.45. The average Bonchev–Trinajstić information content (AvgIpc) is 2.77. The Morgan fingerprint density at radius 1 is 0.903 bits per heavy atom. The maximum absolute atomic E-state index is 11.2. The van der Waals surface area contributed by atoms with Crippen molar-refractivity contribution in [2.75, 3.05) is 33.5 Å². The van der Waals surface area contributed by atoms with Crippen LogP contribution in [0.1, 0.15) is 64.9 Å². The van der Waals surface area contributed by atoms with Crippen molar-refractivity contribution in [1.82, 2.24) is 0 Å². The molecule has 1 aromatic rings. The van der Waals surface area contributed by atoms with Gasteiger partial charge >= 0.3 is 14.8 Å². The fraction of sp³-hybridized carbons (Fsp3) is 0.625. The zero-order chi connectivity index (χ0) is 22.8. The predicted octanol–water partition coefficient (Wildman–Crippen LogP) is 5.64. The third-order valence-electron chi connectivity index (χ3n) is 4.71. The quantitative estimate of drug-likeness (QED) is 0.124. The summed E-state index contributed by atoms with van der Waals surface area (Å²) in [5, 5.41) is 0. The fourth-order valence-electron chi connectivity index (χ4n) is 3.28. The molecule has 0 saturated carbocycles. The number of carbonyl (C=O) groups excluding carboxylic acids is 1. The topological polar surface area (TPSA) is 63.2 Å². The summed E-state index contributed by atoms with van der Waals surface area (Å²) in [7, 11) is -1.12. The van der Waals surface area contributed by atoms with Crippen LogP contribution in [-0.4, -0.2) is 48.3 Å². The van der Waals surface area contributed by atoms with Gasteiger partial charge in [0.15, 0.2) is 0 Å². The third kappa shape index (κ3) is 12.1. The van der Waals surface area contributed by atoms with E-state index < -0.39 is 8.80 Å². The van der Waals surface area contributed by atoms with Crippen LogP contribution in [0.25, 0.3) is 6.08 Å². The van der Waals surface area contributed by atoms with Crippen molar-refractivity contribution in [2.45, 2.75) is 65.3 Å². The summed E-state index contributed by atoms with van der Waals surface area (Å²) < 4.78 is 28.2. The van der Waals surface area contributed by atoms with Crippen molar-refractivity contribution in [2.24, 2.45) is 0 Å². The van der Waals surface area contributed by atoms with Crippen LogP contribution in [0.15, 0.2) is 30.3 Å². The maximum atomic E-state index is 11.2. The van der Waals surface area contributed by atoms with Crippen LogP contribution in [0, 0.1) is 0 Å². The first-order chi connectivity index (χ1) is 15.1. The Labute approximate surface area is 189 Å². The van der Waals surface area contributed by atoms with Gasteiger partial charge in [0, 0.05) is 31.9 Å². The van der Waals surface area contributed by atoms with Crippen molar-refractivity contribution >= 4 is 20.8 Å². The zero-order valence-electron chi connectivity index (χ0n) is 19.7. The Hall–Kier alpha value is -1.67. The highest BCUT2D eigenvalue weighted by Crippen LogP contribution is 2.21. The highest BCUT2D eigenvalue weighted by Gasteiger charge is 2.39. The van der Waals surface area contributed by atoms with Crippen molar-refractivity contribution in [1.29, 1.82) is 0 Å². The van der Waals surface area contributed by atoms with Crippen molar-refractivity contribution in [3.8, 4) is 5.75 Å². The van der Waals surface area contributed by atoms with Gasteiger partial charge in [0.2, 0.25) is 0 Å². The molecule has 0 aliphatic heterocycles. The fourth-order valence-corrected chi connectivity index (χ4v) is 5.97. The SMILES string of the molecule is CCO[Si](CCCCCCCCOc1cccc(/C=C/C(=O)OC)c1)(OCC)OCC. The van der Waals surface area contributed by atoms with Crippen molar-refractivity contribution in [3.63, 3.8) is 0 Å². The molecule has 0 bridgehead atoms. The lowest BCUT2D eigenvalue weighted by Gasteiger charge is -2.28. The molecule has 7 heteroatoms. The summed E-state index contributed by atoms with van der Waals surface area (Å²) in [6.07, 6.45) is 9.93. The van der Waals surface area contributed by atoms with Crippen LogP contribution in [-0.2, 0) is 22.8 Å². The zero-order valence-corrected chi connectivity index (χ0v) is 20.7. The lowest BCUT2D eigenvalue weighted by atomic mass is 10.1. The average molecular weight is 453 g/mol. The Bertz CT molecular complexity index is 617. The van der Waals surface area contributed by atoms with E-state index in [1.807, 2.05) is 45.0 Å². The summed E-state index contributed by atoms with van der Waals surface area (Å²) in [6.45, 7) is 8.59. The van der Waals surface area contributed by atoms with Crippen LogP contribution >= 0.6 is 0 Å². The molecule has 0 radical (unpaired) electrons. The van der Waals surface area contributed by atoms with E-state index in [2.05, 4.69) is 4.74 Å². The number of hydrogen-bond acceptors (Lipinski definition) is 6. The highest BCUT2D eigenvalue weighted by atomic mass is 28.4. The van der Waals surface area contributed by atoms with Gasteiger partial charge in [-0.05, 0) is 57.4 Å². The standard InChI is InChI=1S/C24H40O6Si/c1-5-28-31(29-6-2,30-7-3)20-13-11-9-8-10-12-19-27-23-16-14-15-22(21-23)17-18-24(25)26-4/h14-18,21H,5-13,19-20H2,1-4H3/b18-17+. The summed E-state index contributed by atoms with van der Waals surface area (Å²) >= 11 is 0. The Kier molecular flexibility index (Phi) is 15.0. The van der Waals surface area contributed by atoms with E-state index >= 15 is 0 Å². The Balaban J connectivity index is 2.20. The molecule has 176 valence electrons. The molecule has 1 rings (SSSR count). The Morgan fingerprint density at radius 3 is 2.13 bits per heavy atom. The molecule has 0 N–H and O–H groups in total. The predicted molar refractivity (Wildman–Crippen MR) is 126 cm³/mol. The van der Waals surface area contributed by atoms with Gasteiger partial charge in [-0.25, -0.2) is 4.79 Å². The second-order valence-corrected chi connectivity index (χ2v) is 9.86. The van der Waals surface area contributed by atoms with E-state index in [0.717, 1.165) is 43.0 Å². The van der Waals surface area contributed by atoms with Gasteiger partial charge in [-0.3, -0.25) is 0 Å². The largest absolute Gasteiger partial charge is 0.500 e. The van der Waals surface area contributed by atoms with Gasteiger partial charge in [0.25, 0.3) is 0 Å². The molecular formula is C24H40O6Si. The van der Waals surface area contributed by atoms with Crippen LogP contribution in [0.4, 0.5) is 0 Å². The monoisotopic (exact) mass is 452 g/mol. The molecule has 1 aromatic carbocycles. The van der Waals surface area contributed by atoms with Crippen molar-refractivity contribution in [3.05, 3.63) is 35.9 Å². The molecule has 0 aromatic heterocycles. The summed E-state index contributed by atoms with van der Waals surface area (Å²) in [6, 6.07) is 8.59. The van der Waals surface area contributed by atoms with Gasteiger partial charge in [-0.1, -0.05) is 37.8 Å². The molecule has 0 spiro atoms. The molecule has 0 heterocycles. The molecule has 0 amide bonds. The number of esters is 1. The van der Waals surface area contributed by atoms with E-state index in [1.54, 1.807) is 6.08 Å². The molecule has 6 nitrogen and oxygen atoms in total. The van der Waals surface area contributed by atoms with E-state index in [0.29, 0.717) is 26.4 Å². The first kappa shape index (κ1) is 27.4. The van der Waals surface area contributed by atoms with Gasteiger partial charge in [0.1, 0.15) is 5.75 Å². The minimum absolute atomic E-state index is 0.368. The second kappa shape index (κ2) is 16.9. The molecule has 0 fully saturated rings. The summed E-state index contributed by atoms with van der Waals surface area (Å²) in [5.74, 6) is 0.448. The van der Waals surface area contributed by atoms with Crippen molar-refractivity contribution < 1.29 is 27.5 Å². The van der Waals surface area contributed by atoms with Crippen LogP contribution in [0.3, 0.4) is 0 Å². The van der Waals surface area contributed by atoms with Gasteiger partial charge < -0.3 is 22.8 Å². The summed E-state index contributed by atoms with van der Waals surface area (Å²) in [5.41, 5.74) is 0.911. The molecule has 31 heavy (non-hydrogen) atoms. The van der Waals surface area contributed by atoms with Crippen LogP contribution in [0.5, 0.6) is 5.75 Å². The van der Waals surface area contributed by atoms with Gasteiger partial charge in [-0.15, -0.1) is 0 Å². The van der Waals surface area contributed by atoms with Gasteiger partial charge in [-0.2, -0.15) is 0 Å². The Morgan fingerprint density at radius 2 is 1.52 bits per heavy atom. The third-order valence-corrected chi connectivity index (χ3v) is 7.86.